The molecule has 3 heteroatoms. The van der Waals surface area contributed by atoms with Gasteiger partial charge in [0.2, 0.25) is 0 Å². The Morgan fingerprint density at radius 2 is 1.82 bits per heavy atom. The molecular weight excluding hydrogens is 232 g/mol. The fourth-order valence-corrected chi connectivity index (χ4v) is 2.32. The lowest BCUT2D eigenvalue weighted by molar-refractivity contribution is 0.112. The number of hydrogen-bond donors (Lipinski definition) is 0. The molecule has 0 aliphatic carbocycles. The Hall–Kier alpha value is -1.74. The second-order valence-electron chi connectivity index (χ2n) is 3.47. The molecule has 2 aromatic rings. The highest BCUT2D eigenvalue weighted by Gasteiger charge is 1.99. The van der Waals surface area contributed by atoms with Crippen molar-refractivity contribution in [2.75, 3.05) is 7.11 Å². The van der Waals surface area contributed by atoms with E-state index in [0.717, 1.165) is 21.8 Å². The number of ether oxygens (including phenoxy) is 1. The minimum Gasteiger partial charge on any atom is -0.497 e. The standard InChI is InChI=1S/C14H12O2S/c1-16-12-5-7-13(8-6-12)17-14-4-2-3-11(9-14)10-15/h2-10H,1H3. The van der Waals surface area contributed by atoms with Crippen molar-refractivity contribution in [3.8, 4) is 5.75 Å². The van der Waals surface area contributed by atoms with Gasteiger partial charge in [0.25, 0.3) is 0 Å². The molecule has 2 rings (SSSR count). The SMILES string of the molecule is COc1ccc(Sc2cccc(C=O)c2)cc1. The molecule has 0 saturated heterocycles. The van der Waals surface area contributed by atoms with E-state index in [2.05, 4.69) is 0 Å². The molecule has 0 heterocycles. The number of methoxy groups -OCH3 is 1. The average Bonchev–Trinajstić information content (AvgIpc) is 2.40. The summed E-state index contributed by atoms with van der Waals surface area (Å²) in [6.07, 6.45) is 0.859. The van der Waals surface area contributed by atoms with Crippen LogP contribution in [0.1, 0.15) is 10.4 Å². The first kappa shape index (κ1) is 11.7. The van der Waals surface area contributed by atoms with E-state index in [1.807, 2.05) is 42.5 Å². The van der Waals surface area contributed by atoms with Crippen LogP contribution in [0.15, 0.2) is 58.3 Å². The second kappa shape index (κ2) is 5.55. The maximum atomic E-state index is 10.7. The minimum atomic E-state index is 0.698. The third kappa shape index (κ3) is 3.11. The number of aldehydes is 1. The van der Waals surface area contributed by atoms with Crippen molar-refractivity contribution in [2.45, 2.75) is 9.79 Å². The fraction of sp³-hybridized carbons (Fsp3) is 0.0714. The van der Waals surface area contributed by atoms with E-state index >= 15 is 0 Å². The summed E-state index contributed by atoms with van der Waals surface area (Å²) >= 11 is 1.62. The van der Waals surface area contributed by atoms with Gasteiger partial charge in [-0.3, -0.25) is 4.79 Å². The van der Waals surface area contributed by atoms with Gasteiger partial charge >= 0.3 is 0 Å². The van der Waals surface area contributed by atoms with E-state index in [1.54, 1.807) is 24.9 Å². The molecule has 86 valence electrons. The van der Waals surface area contributed by atoms with Crippen LogP contribution in [0.5, 0.6) is 5.75 Å². The third-order valence-electron chi connectivity index (χ3n) is 2.29. The predicted octanol–water partition coefficient (Wildman–Crippen LogP) is 3.66. The van der Waals surface area contributed by atoms with E-state index in [-0.39, 0.29) is 0 Å². The Balaban J connectivity index is 2.16. The third-order valence-corrected chi connectivity index (χ3v) is 3.29. The van der Waals surface area contributed by atoms with Crippen molar-refractivity contribution < 1.29 is 9.53 Å². The highest BCUT2D eigenvalue weighted by Crippen LogP contribution is 2.29. The van der Waals surface area contributed by atoms with Gasteiger partial charge in [-0.25, -0.2) is 0 Å². The second-order valence-corrected chi connectivity index (χ2v) is 4.61. The molecule has 0 N–H and O–H groups in total. The zero-order chi connectivity index (χ0) is 12.1. The van der Waals surface area contributed by atoms with Crippen LogP contribution < -0.4 is 4.74 Å². The summed E-state index contributed by atoms with van der Waals surface area (Å²) in [5.74, 6) is 0.844. The van der Waals surface area contributed by atoms with Crippen molar-refractivity contribution in [3.63, 3.8) is 0 Å². The summed E-state index contributed by atoms with van der Waals surface area (Å²) in [6, 6.07) is 15.4. The quantitative estimate of drug-likeness (QED) is 0.768. The van der Waals surface area contributed by atoms with E-state index in [0.29, 0.717) is 5.56 Å². The molecule has 2 aromatic carbocycles. The average molecular weight is 244 g/mol. The van der Waals surface area contributed by atoms with E-state index in [4.69, 9.17) is 4.74 Å². The van der Waals surface area contributed by atoms with Crippen molar-refractivity contribution in [1.29, 1.82) is 0 Å². The van der Waals surface area contributed by atoms with Gasteiger partial charge in [-0.1, -0.05) is 23.9 Å². The van der Waals surface area contributed by atoms with Crippen LogP contribution in [-0.2, 0) is 0 Å². The van der Waals surface area contributed by atoms with Crippen LogP contribution in [0, 0.1) is 0 Å². The Kier molecular flexibility index (Phi) is 3.83. The molecular formula is C14H12O2S. The van der Waals surface area contributed by atoms with Crippen LogP contribution in [0.3, 0.4) is 0 Å². The summed E-state index contributed by atoms with van der Waals surface area (Å²) in [6.45, 7) is 0. The first-order valence-corrected chi connectivity index (χ1v) is 6.00. The molecule has 0 radical (unpaired) electrons. The zero-order valence-electron chi connectivity index (χ0n) is 9.42. The molecule has 2 nitrogen and oxygen atoms in total. The molecule has 0 atom stereocenters. The maximum Gasteiger partial charge on any atom is 0.150 e. The lowest BCUT2D eigenvalue weighted by Gasteiger charge is -2.03. The highest BCUT2D eigenvalue weighted by molar-refractivity contribution is 7.99. The smallest absolute Gasteiger partial charge is 0.150 e. The van der Waals surface area contributed by atoms with Crippen LogP contribution in [0.4, 0.5) is 0 Å². The van der Waals surface area contributed by atoms with Crippen LogP contribution in [0.2, 0.25) is 0 Å². The molecule has 0 saturated carbocycles. The Bertz CT molecular complexity index is 506. The molecule has 0 spiro atoms. The summed E-state index contributed by atoms with van der Waals surface area (Å²) in [7, 11) is 1.65. The van der Waals surface area contributed by atoms with Gasteiger partial charge in [0.05, 0.1) is 7.11 Å². The Morgan fingerprint density at radius 1 is 1.06 bits per heavy atom. The Morgan fingerprint density at radius 3 is 2.47 bits per heavy atom. The van der Waals surface area contributed by atoms with E-state index in [1.165, 1.54) is 0 Å². The van der Waals surface area contributed by atoms with Gasteiger partial charge in [0.1, 0.15) is 12.0 Å². The Labute approximate surface area is 105 Å². The molecule has 17 heavy (non-hydrogen) atoms. The van der Waals surface area contributed by atoms with Gasteiger partial charge in [-0.15, -0.1) is 0 Å². The number of benzene rings is 2. The summed E-state index contributed by atoms with van der Waals surface area (Å²) < 4.78 is 5.10. The number of rotatable bonds is 4. The minimum absolute atomic E-state index is 0.698. The first-order valence-electron chi connectivity index (χ1n) is 5.19. The van der Waals surface area contributed by atoms with Gasteiger partial charge < -0.3 is 4.74 Å². The largest absolute Gasteiger partial charge is 0.497 e. The lowest BCUT2D eigenvalue weighted by atomic mass is 10.2. The van der Waals surface area contributed by atoms with Crippen molar-refractivity contribution in [1.82, 2.24) is 0 Å². The van der Waals surface area contributed by atoms with Gasteiger partial charge in [-0.05, 0) is 36.4 Å². The van der Waals surface area contributed by atoms with E-state index < -0.39 is 0 Å². The molecule has 0 bridgehead atoms. The first-order chi connectivity index (χ1) is 8.31. The molecule has 0 aliphatic rings. The molecule has 0 amide bonds. The fourth-order valence-electron chi connectivity index (χ4n) is 1.43. The summed E-state index contributed by atoms with van der Waals surface area (Å²) in [5.41, 5.74) is 0.698. The highest BCUT2D eigenvalue weighted by atomic mass is 32.2. The molecule has 0 fully saturated rings. The van der Waals surface area contributed by atoms with Crippen molar-refractivity contribution in [2.24, 2.45) is 0 Å². The molecule has 0 aromatic heterocycles. The zero-order valence-corrected chi connectivity index (χ0v) is 10.2. The van der Waals surface area contributed by atoms with Crippen molar-refractivity contribution >= 4 is 18.0 Å². The summed E-state index contributed by atoms with van der Waals surface area (Å²) in [5, 5.41) is 0. The monoisotopic (exact) mass is 244 g/mol. The molecule has 0 aliphatic heterocycles. The van der Waals surface area contributed by atoms with Gasteiger partial charge in [0.15, 0.2) is 0 Å². The van der Waals surface area contributed by atoms with Gasteiger partial charge in [0, 0.05) is 15.4 Å². The number of carbonyl (C=O) groups is 1. The van der Waals surface area contributed by atoms with Crippen LogP contribution in [-0.4, -0.2) is 13.4 Å². The number of hydrogen-bond acceptors (Lipinski definition) is 3. The predicted molar refractivity (Wildman–Crippen MR) is 68.9 cm³/mol. The normalized spacial score (nSPS) is 9.94. The maximum absolute atomic E-state index is 10.7. The topological polar surface area (TPSA) is 26.3 Å². The van der Waals surface area contributed by atoms with Crippen LogP contribution in [0.25, 0.3) is 0 Å². The number of carbonyl (C=O) groups excluding carboxylic acids is 1. The summed E-state index contributed by atoms with van der Waals surface area (Å²) in [4.78, 5) is 12.8. The molecule has 0 unspecified atom stereocenters. The van der Waals surface area contributed by atoms with Crippen LogP contribution >= 0.6 is 11.8 Å². The lowest BCUT2D eigenvalue weighted by Crippen LogP contribution is -1.82. The van der Waals surface area contributed by atoms with E-state index in [9.17, 15) is 4.79 Å². The van der Waals surface area contributed by atoms with Gasteiger partial charge in [-0.2, -0.15) is 0 Å². The van der Waals surface area contributed by atoms with Crippen molar-refractivity contribution in [3.05, 3.63) is 54.1 Å².